The van der Waals surface area contributed by atoms with E-state index < -0.39 is 0 Å². The Morgan fingerprint density at radius 1 is 1.15 bits per heavy atom. The fraction of sp³-hybridized carbons (Fsp3) is 1.00. The van der Waals surface area contributed by atoms with Gasteiger partial charge in [-0.15, -0.1) is 0 Å². The lowest BCUT2D eigenvalue weighted by atomic mass is 9.81. The number of likely N-dealkylation sites (tertiary alicyclic amines) is 2. The van der Waals surface area contributed by atoms with Crippen molar-refractivity contribution in [3.63, 3.8) is 0 Å². The summed E-state index contributed by atoms with van der Waals surface area (Å²) in [4.78, 5) is 5.45. The summed E-state index contributed by atoms with van der Waals surface area (Å²) >= 11 is 0. The lowest BCUT2D eigenvalue weighted by Crippen LogP contribution is -2.63. The minimum absolute atomic E-state index is 0.300. The molecular formula is C17H35N3. The van der Waals surface area contributed by atoms with Gasteiger partial charge < -0.3 is 10.6 Å². The second kappa shape index (κ2) is 7.24. The van der Waals surface area contributed by atoms with Gasteiger partial charge in [0.25, 0.3) is 0 Å². The molecule has 2 N–H and O–H groups in total. The highest BCUT2D eigenvalue weighted by Gasteiger charge is 2.42. The Labute approximate surface area is 125 Å². The van der Waals surface area contributed by atoms with Crippen molar-refractivity contribution in [3.8, 4) is 0 Å². The van der Waals surface area contributed by atoms with Crippen molar-refractivity contribution in [3.05, 3.63) is 0 Å². The SMILES string of the molecule is CCC1CCCCN1C1(CN)CCN(CC(C)C)CC1. The van der Waals surface area contributed by atoms with Gasteiger partial charge >= 0.3 is 0 Å². The average Bonchev–Trinajstić information content (AvgIpc) is 2.48. The van der Waals surface area contributed by atoms with Crippen LogP contribution in [0.5, 0.6) is 0 Å². The van der Waals surface area contributed by atoms with Crippen LogP contribution in [0.4, 0.5) is 0 Å². The number of hydrogen-bond acceptors (Lipinski definition) is 3. The smallest absolute Gasteiger partial charge is 0.0358 e. The zero-order chi connectivity index (χ0) is 14.6. The summed E-state index contributed by atoms with van der Waals surface area (Å²) in [6.45, 7) is 12.8. The molecule has 0 aromatic heterocycles. The van der Waals surface area contributed by atoms with Crippen LogP contribution in [0.2, 0.25) is 0 Å². The predicted molar refractivity (Wildman–Crippen MR) is 86.9 cm³/mol. The zero-order valence-corrected chi connectivity index (χ0v) is 13.9. The molecule has 2 rings (SSSR count). The Morgan fingerprint density at radius 3 is 2.40 bits per heavy atom. The van der Waals surface area contributed by atoms with Gasteiger partial charge in [0.15, 0.2) is 0 Å². The first-order valence-electron chi connectivity index (χ1n) is 8.80. The minimum atomic E-state index is 0.300. The first-order valence-corrected chi connectivity index (χ1v) is 8.80. The minimum Gasteiger partial charge on any atom is -0.329 e. The zero-order valence-electron chi connectivity index (χ0n) is 13.9. The molecule has 1 unspecified atom stereocenters. The van der Waals surface area contributed by atoms with Crippen molar-refractivity contribution >= 4 is 0 Å². The number of nitrogens with zero attached hydrogens (tertiary/aromatic N) is 2. The van der Waals surface area contributed by atoms with E-state index >= 15 is 0 Å². The fourth-order valence-corrected chi connectivity index (χ4v) is 4.33. The second-order valence-corrected chi connectivity index (χ2v) is 7.37. The Bertz CT molecular complexity index is 282. The van der Waals surface area contributed by atoms with Gasteiger partial charge in [-0.25, -0.2) is 0 Å². The third-order valence-electron chi connectivity index (χ3n) is 5.50. The third-order valence-corrected chi connectivity index (χ3v) is 5.50. The quantitative estimate of drug-likeness (QED) is 0.841. The van der Waals surface area contributed by atoms with Gasteiger partial charge in [0.2, 0.25) is 0 Å². The van der Waals surface area contributed by atoms with Crippen molar-refractivity contribution < 1.29 is 0 Å². The summed E-state index contributed by atoms with van der Waals surface area (Å²) in [6, 6.07) is 0.781. The number of piperidine rings is 2. The molecule has 3 nitrogen and oxygen atoms in total. The lowest BCUT2D eigenvalue weighted by Gasteiger charge is -2.53. The largest absolute Gasteiger partial charge is 0.329 e. The van der Waals surface area contributed by atoms with Crippen molar-refractivity contribution in [1.29, 1.82) is 0 Å². The van der Waals surface area contributed by atoms with E-state index in [2.05, 4.69) is 30.6 Å². The molecule has 0 amide bonds. The van der Waals surface area contributed by atoms with E-state index in [1.54, 1.807) is 0 Å². The van der Waals surface area contributed by atoms with Gasteiger partial charge in [-0.2, -0.15) is 0 Å². The normalized spacial score (nSPS) is 28.9. The highest BCUT2D eigenvalue weighted by molar-refractivity contribution is 4.99. The van der Waals surface area contributed by atoms with E-state index in [1.165, 1.54) is 64.7 Å². The van der Waals surface area contributed by atoms with Crippen LogP contribution in [-0.4, -0.2) is 54.1 Å². The van der Waals surface area contributed by atoms with Crippen LogP contribution in [0.15, 0.2) is 0 Å². The molecule has 0 bridgehead atoms. The van der Waals surface area contributed by atoms with Crippen LogP contribution in [0, 0.1) is 5.92 Å². The number of nitrogens with two attached hydrogens (primary N) is 1. The number of hydrogen-bond donors (Lipinski definition) is 1. The van der Waals surface area contributed by atoms with Crippen molar-refractivity contribution in [2.45, 2.75) is 70.9 Å². The Kier molecular flexibility index (Phi) is 5.88. The lowest BCUT2D eigenvalue weighted by molar-refractivity contribution is -0.0232. The Morgan fingerprint density at radius 2 is 1.85 bits per heavy atom. The van der Waals surface area contributed by atoms with E-state index in [9.17, 15) is 0 Å². The molecule has 0 spiro atoms. The Hall–Kier alpha value is -0.120. The molecule has 2 aliphatic rings. The van der Waals surface area contributed by atoms with Crippen LogP contribution in [0.1, 0.15) is 59.3 Å². The first kappa shape index (κ1) is 16.3. The molecule has 0 aromatic rings. The molecule has 0 aliphatic carbocycles. The summed E-state index contributed by atoms with van der Waals surface area (Å²) in [7, 11) is 0. The average molecular weight is 281 g/mol. The van der Waals surface area contributed by atoms with Crippen LogP contribution in [-0.2, 0) is 0 Å². The molecule has 1 atom stereocenters. The molecule has 2 fully saturated rings. The van der Waals surface area contributed by atoms with Crippen LogP contribution >= 0.6 is 0 Å². The van der Waals surface area contributed by atoms with Gasteiger partial charge in [0, 0.05) is 24.7 Å². The standard InChI is InChI=1S/C17H35N3/c1-4-16-7-5-6-10-20(16)17(14-18)8-11-19(12-9-17)13-15(2)3/h15-16H,4-14,18H2,1-3H3. The summed E-state index contributed by atoms with van der Waals surface area (Å²) in [5.74, 6) is 0.777. The van der Waals surface area contributed by atoms with Gasteiger partial charge in [-0.05, 0) is 57.7 Å². The van der Waals surface area contributed by atoms with Crippen molar-refractivity contribution in [2.24, 2.45) is 11.7 Å². The predicted octanol–water partition coefficient (Wildman–Crippen LogP) is 2.70. The van der Waals surface area contributed by atoms with Crippen molar-refractivity contribution in [1.82, 2.24) is 9.80 Å². The molecule has 20 heavy (non-hydrogen) atoms. The van der Waals surface area contributed by atoms with Gasteiger partial charge in [-0.1, -0.05) is 27.2 Å². The molecule has 2 saturated heterocycles. The topological polar surface area (TPSA) is 32.5 Å². The van der Waals surface area contributed by atoms with E-state index in [0.29, 0.717) is 5.54 Å². The van der Waals surface area contributed by atoms with Gasteiger partial charge in [-0.3, -0.25) is 4.90 Å². The maximum absolute atomic E-state index is 6.27. The highest BCUT2D eigenvalue weighted by atomic mass is 15.3. The van der Waals surface area contributed by atoms with E-state index in [1.807, 2.05) is 0 Å². The molecule has 0 radical (unpaired) electrons. The molecule has 2 aliphatic heterocycles. The van der Waals surface area contributed by atoms with Crippen LogP contribution in [0.25, 0.3) is 0 Å². The maximum Gasteiger partial charge on any atom is 0.0358 e. The van der Waals surface area contributed by atoms with Gasteiger partial charge in [0.05, 0.1) is 0 Å². The summed E-state index contributed by atoms with van der Waals surface area (Å²) < 4.78 is 0. The van der Waals surface area contributed by atoms with Crippen molar-refractivity contribution in [2.75, 3.05) is 32.7 Å². The molecule has 118 valence electrons. The third kappa shape index (κ3) is 3.55. The van der Waals surface area contributed by atoms with E-state index in [0.717, 1.165) is 18.5 Å². The summed E-state index contributed by atoms with van der Waals surface area (Å²) in [6.07, 6.45) is 7.99. The molecule has 0 aromatic carbocycles. The number of rotatable bonds is 5. The molecule has 0 saturated carbocycles. The summed E-state index contributed by atoms with van der Waals surface area (Å²) in [5.41, 5.74) is 6.57. The second-order valence-electron chi connectivity index (χ2n) is 7.37. The van der Waals surface area contributed by atoms with Gasteiger partial charge in [0.1, 0.15) is 0 Å². The van der Waals surface area contributed by atoms with E-state index in [-0.39, 0.29) is 0 Å². The van der Waals surface area contributed by atoms with Crippen LogP contribution < -0.4 is 5.73 Å². The van der Waals surface area contributed by atoms with Crippen LogP contribution in [0.3, 0.4) is 0 Å². The monoisotopic (exact) mass is 281 g/mol. The molecule has 2 heterocycles. The first-order chi connectivity index (χ1) is 9.61. The Balaban J connectivity index is 2.00. The fourth-order valence-electron chi connectivity index (χ4n) is 4.33. The highest BCUT2D eigenvalue weighted by Crippen LogP contribution is 2.34. The summed E-state index contributed by atoms with van der Waals surface area (Å²) in [5, 5.41) is 0. The molecular weight excluding hydrogens is 246 g/mol. The maximum atomic E-state index is 6.27. The molecule has 3 heteroatoms. The van der Waals surface area contributed by atoms with E-state index in [4.69, 9.17) is 5.73 Å².